The second-order valence-corrected chi connectivity index (χ2v) is 6.90. The molecule has 1 saturated heterocycles. The minimum absolute atomic E-state index is 0.165. The van der Waals surface area contributed by atoms with E-state index in [4.69, 9.17) is 16.4 Å². The van der Waals surface area contributed by atoms with Crippen LogP contribution in [-0.2, 0) is 10.4 Å². The average Bonchev–Trinajstić information content (AvgIpc) is 3.02. The average molecular weight is 350 g/mol. The van der Waals surface area contributed by atoms with Gasteiger partial charge in [-0.15, -0.1) is 0 Å². The Balaban J connectivity index is 1.79. The van der Waals surface area contributed by atoms with E-state index in [0.717, 1.165) is 11.4 Å². The van der Waals surface area contributed by atoms with Crippen molar-refractivity contribution in [2.24, 2.45) is 0 Å². The Morgan fingerprint density at radius 3 is 1.88 bits per heavy atom. The molecule has 0 amide bonds. The maximum atomic E-state index is 6.52. The topological polar surface area (TPSA) is 12.5 Å². The van der Waals surface area contributed by atoms with Gasteiger partial charge in [0.15, 0.2) is 0 Å². The first-order valence-electron chi connectivity index (χ1n) is 8.47. The van der Waals surface area contributed by atoms with Gasteiger partial charge in [-0.1, -0.05) is 84.4 Å². The molecule has 3 aromatic rings. The third kappa shape index (κ3) is 2.98. The minimum atomic E-state index is -0.485. The van der Waals surface area contributed by atoms with Crippen molar-refractivity contribution in [1.82, 2.24) is 5.06 Å². The monoisotopic (exact) mass is 349 g/mol. The zero-order valence-corrected chi connectivity index (χ0v) is 14.9. The predicted octanol–water partition coefficient (Wildman–Crippen LogP) is 5.59. The fourth-order valence-corrected chi connectivity index (χ4v) is 3.81. The molecule has 126 valence electrons. The van der Waals surface area contributed by atoms with Gasteiger partial charge in [-0.3, -0.25) is 4.84 Å². The number of hydrogen-bond donors (Lipinski definition) is 0. The number of halogens is 1. The fraction of sp³-hybridized carbons (Fsp3) is 0.182. The van der Waals surface area contributed by atoms with Gasteiger partial charge < -0.3 is 0 Å². The third-order valence-electron chi connectivity index (χ3n) is 4.95. The largest absolute Gasteiger partial charge is 0.282 e. The summed E-state index contributed by atoms with van der Waals surface area (Å²) in [5.74, 6) is 0. The Morgan fingerprint density at radius 2 is 1.36 bits per heavy atom. The molecule has 3 heteroatoms. The quantitative estimate of drug-likeness (QED) is 0.611. The SMILES string of the molecule is CN1OC(c2ccccc2)(c2ccccc2)CC1c1ccc(Cl)cc1. The van der Waals surface area contributed by atoms with Gasteiger partial charge in [-0.05, 0) is 28.8 Å². The van der Waals surface area contributed by atoms with E-state index in [2.05, 4.69) is 60.7 Å². The van der Waals surface area contributed by atoms with Gasteiger partial charge in [0, 0.05) is 18.5 Å². The highest BCUT2D eigenvalue weighted by Crippen LogP contribution is 2.49. The summed E-state index contributed by atoms with van der Waals surface area (Å²) in [6.07, 6.45) is 0.846. The molecule has 0 aliphatic carbocycles. The first kappa shape index (κ1) is 16.3. The lowest BCUT2D eigenvalue weighted by Crippen LogP contribution is -2.28. The highest BCUT2D eigenvalue weighted by Gasteiger charge is 2.47. The van der Waals surface area contributed by atoms with E-state index < -0.39 is 5.60 Å². The fourth-order valence-electron chi connectivity index (χ4n) is 3.68. The van der Waals surface area contributed by atoms with E-state index in [-0.39, 0.29) is 6.04 Å². The molecular formula is C22H20ClNO. The van der Waals surface area contributed by atoms with E-state index in [0.29, 0.717) is 0 Å². The molecule has 25 heavy (non-hydrogen) atoms. The van der Waals surface area contributed by atoms with Gasteiger partial charge in [0.25, 0.3) is 0 Å². The van der Waals surface area contributed by atoms with Crippen molar-refractivity contribution in [3.63, 3.8) is 0 Å². The second-order valence-electron chi connectivity index (χ2n) is 6.47. The first-order valence-corrected chi connectivity index (χ1v) is 8.85. The molecule has 0 bridgehead atoms. The van der Waals surface area contributed by atoms with Crippen LogP contribution in [0.2, 0.25) is 5.02 Å². The van der Waals surface area contributed by atoms with Crippen LogP contribution in [0.5, 0.6) is 0 Å². The van der Waals surface area contributed by atoms with Crippen molar-refractivity contribution in [1.29, 1.82) is 0 Å². The van der Waals surface area contributed by atoms with Crippen LogP contribution in [0.4, 0.5) is 0 Å². The summed E-state index contributed by atoms with van der Waals surface area (Å²) in [4.78, 5) is 6.52. The van der Waals surface area contributed by atoms with Gasteiger partial charge in [-0.25, -0.2) is 0 Å². The molecule has 0 radical (unpaired) electrons. The Morgan fingerprint density at radius 1 is 0.840 bits per heavy atom. The smallest absolute Gasteiger partial charge is 0.142 e. The highest BCUT2D eigenvalue weighted by atomic mass is 35.5. The van der Waals surface area contributed by atoms with Gasteiger partial charge in [0.2, 0.25) is 0 Å². The lowest BCUT2D eigenvalue weighted by molar-refractivity contribution is -0.179. The van der Waals surface area contributed by atoms with Crippen molar-refractivity contribution in [2.45, 2.75) is 18.1 Å². The number of rotatable bonds is 3. The van der Waals surface area contributed by atoms with Crippen molar-refractivity contribution < 1.29 is 4.84 Å². The first-order chi connectivity index (χ1) is 12.2. The summed E-state index contributed by atoms with van der Waals surface area (Å²) in [5, 5.41) is 2.73. The summed E-state index contributed by atoms with van der Waals surface area (Å²) >= 11 is 6.06. The van der Waals surface area contributed by atoms with Crippen LogP contribution in [-0.4, -0.2) is 12.1 Å². The number of hydroxylamine groups is 2. The molecule has 0 N–H and O–H groups in total. The Bertz CT molecular complexity index is 793. The molecule has 1 fully saturated rings. The molecule has 1 heterocycles. The minimum Gasteiger partial charge on any atom is -0.282 e. The van der Waals surface area contributed by atoms with Crippen LogP contribution in [0.1, 0.15) is 29.2 Å². The van der Waals surface area contributed by atoms with Crippen LogP contribution in [0.3, 0.4) is 0 Å². The van der Waals surface area contributed by atoms with E-state index in [9.17, 15) is 0 Å². The molecule has 0 saturated carbocycles. The predicted molar refractivity (Wildman–Crippen MR) is 101 cm³/mol. The Hall–Kier alpha value is -2.13. The molecule has 0 spiro atoms. The summed E-state index contributed by atoms with van der Waals surface area (Å²) in [6, 6.07) is 29.1. The number of nitrogens with zero attached hydrogens (tertiary/aromatic N) is 1. The highest BCUT2D eigenvalue weighted by molar-refractivity contribution is 6.30. The van der Waals surface area contributed by atoms with E-state index >= 15 is 0 Å². The lowest BCUT2D eigenvalue weighted by atomic mass is 9.81. The van der Waals surface area contributed by atoms with Crippen LogP contribution in [0, 0.1) is 0 Å². The summed E-state index contributed by atoms with van der Waals surface area (Å²) in [5.41, 5.74) is 3.07. The standard InChI is InChI=1S/C22H20ClNO/c1-24-21(17-12-14-20(23)15-13-17)16-22(25-24,18-8-4-2-5-9-18)19-10-6-3-7-11-19/h2-15,21H,16H2,1H3. The Labute approximate surface area is 153 Å². The van der Waals surface area contributed by atoms with Crippen LogP contribution in [0.25, 0.3) is 0 Å². The molecule has 1 aliphatic rings. The van der Waals surface area contributed by atoms with Crippen LogP contribution >= 0.6 is 11.6 Å². The summed E-state index contributed by atoms with van der Waals surface area (Å²) in [6.45, 7) is 0. The van der Waals surface area contributed by atoms with Crippen LogP contribution in [0.15, 0.2) is 84.9 Å². The zero-order valence-electron chi connectivity index (χ0n) is 14.1. The molecule has 3 aromatic carbocycles. The number of hydrogen-bond acceptors (Lipinski definition) is 2. The van der Waals surface area contributed by atoms with Crippen molar-refractivity contribution in [3.8, 4) is 0 Å². The summed E-state index contributed by atoms with van der Waals surface area (Å²) < 4.78 is 0. The van der Waals surface area contributed by atoms with Crippen molar-refractivity contribution in [2.75, 3.05) is 7.05 Å². The zero-order chi connectivity index (χ0) is 17.3. The van der Waals surface area contributed by atoms with Gasteiger partial charge in [0.1, 0.15) is 5.60 Å². The molecule has 1 aliphatic heterocycles. The van der Waals surface area contributed by atoms with Gasteiger partial charge >= 0.3 is 0 Å². The molecule has 1 atom stereocenters. The normalized spacial score (nSPS) is 19.8. The molecular weight excluding hydrogens is 330 g/mol. The third-order valence-corrected chi connectivity index (χ3v) is 5.21. The Kier molecular flexibility index (Phi) is 4.34. The molecule has 0 aromatic heterocycles. The molecule has 1 unspecified atom stereocenters. The molecule has 4 rings (SSSR count). The van der Waals surface area contributed by atoms with Crippen LogP contribution < -0.4 is 0 Å². The van der Waals surface area contributed by atoms with E-state index in [1.807, 2.05) is 36.4 Å². The number of benzene rings is 3. The van der Waals surface area contributed by atoms with Gasteiger partial charge in [-0.2, -0.15) is 5.06 Å². The van der Waals surface area contributed by atoms with Gasteiger partial charge in [0.05, 0.1) is 6.04 Å². The molecule has 2 nitrogen and oxygen atoms in total. The van der Waals surface area contributed by atoms with Crippen molar-refractivity contribution >= 4 is 11.6 Å². The van der Waals surface area contributed by atoms with Crippen molar-refractivity contribution in [3.05, 3.63) is 107 Å². The summed E-state index contributed by atoms with van der Waals surface area (Å²) in [7, 11) is 2.01. The maximum Gasteiger partial charge on any atom is 0.142 e. The van der Waals surface area contributed by atoms with E-state index in [1.165, 1.54) is 16.7 Å². The second kappa shape index (κ2) is 6.64. The van der Waals surface area contributed by atoms with E-state index in [1.54, 1.807) is 0 Å². The maximum absolute atomic E-state index is 6.52. The lowest BCUT2D eigenvalue weighted by Gasteiger charge is -2.29.